The van der Waals surface area contributed by atoms with Gasteiger partial charge in [0.25, 0.3) is 0 Å². The third-order valence-electron chi connectivity index (χ3n) is 9.25. The minimum Gasteiger partial charge on any atom is -0.455 e. The van der Waals surface area contributed by atoms with Gasteiger partial charge in [-0.25, -0.2) is 0 Å². The Bertz CT molecular complexity index is 2550. The Hall–Kier alpha value is -6.38. The molecule has 0 aliphatic heterocycles. The average Bonchev–Trinajstić information content (AvgIpc) is 3.56. The van der Waals surface area contributed by atoms with Gasteiger partial charge in [0.2, 0.25) is 0 Å². The van der Waals surface area contributed by atoms with Crippen molar-refractivity contribution in [1.82, 2.24) is 0 Å². The zero-order chi connectivity index (χ0) is 31.9. The van der Waals surface area contributed by atoms with Crippen LogP contribution in [0.1, 0.15) is 0 Å². The van der Waals surface area contributed by atoms with E-state index in [-0.39, 0.29) is 0 Å². The van der Waals surface area contributed by atoms with Crippen LogP contribution in [0.25, 0.3) is 66.1 Å². The molecule has 0 amide bonds. The predicted molar refractivity (Wildman–Crippen MR) is 202 cm³/mol. The van der Waals surface area contributed by atoms with Gasteiger partial charge in [0.15, 0.2) is 0 Å². The van der Waals surface area contributed by atoms with Crippen LogP contribution in [0.5, 0.6) is 0 Å². The molecule has 2 heteroatoms. The smallest absolute Gasteiger partial charge is 0.143 e. The van der Waals surface area contributed by atoms with Crippen LogP contribution in [0.2, 0.25) is 0 Å². The number of benzene rings is 8. The summed E-state index contributed by atoms with van der Waals surface area (Å²) in [5.74, 6) is 0. The lowest BCUT2D eigenvalue weighted by atomic mass is 9.94. The van der Waals surface area contributed by atoms with Crippen LogP contribution < -0.4 is 4.90 Å². The van der Waals surface area contributed by atoms with Crippen LogP contribution in [0, 0.1) is 0 Å². The van der Waals surface area contributed by atoms with E-state index in [2.05, 4.69) is 193 Å². The molecule has 226 valence electrons. The van der Waals surface area contributed by atoms with Crippen molar-refractivity contribution in [2.24, 2.45) is 0 Å². The Balaban J connectivity index is 1.34. The van der Waals surface area contributed by atoms with Crippen LogP contribution >= 0.6 is 0 Å². The molecule has 0 N–H and O–H groups in total. The highest BCUT2D eigenvalue weighted by atomic mass is 16.3. The van der Waals surface area contributed by atoms with Gasteiger partial charge in [0, 0.05) is 32.8 Å². The second-order valence-corrected chi connectivity index (χ2v) is 12.1. The highest BCUT2D eigenvalue weighted by molar-refractivity contribution is 6.22. The number of anilines is 3. The summed E-state index contributed by atoms with van der Waals surface area (Å²) in [6, 6.07) is 66.8. The summed E-state index contributed by atoms with van der Waals surface area (Å²) in [4.78, 5) is 2.40. The first-order chi connectivity index (χ1) is 23.8. The molecule has 9 aromatic rings. The maximum absolute atomic E-state index is 6.76. The molecule has 0 bridgehead atoms. The fraction of sp³-hybridized carbons (Fsp3) is 0. The molecule has 0 aliphatic carbocycles. The zero-order valence-corrected chi connectivity index (χ0v) is 26.3. The lowest BCUT2D eigenvalue weighted by molar-refractivity contribution is 0.673. The summed E-state index contributed by atoms with van der Waals surface area (Å²) in [6.45, 7) is 0. The fourth-order valence-electron chi connectivity index (χ4n) is 7.07. The van der Waals surface area contributed by atoms with Crippen LogP contribution in [-0.4, -0.2) is 0 Å². The zero-order valence-electron chi connectivity index (χ0n) is 26.3. The third-order valence-corrected chi connectivity index (χ3v) is 9.25. The van der Waals surface area contributed by atoms with E-state index in [9.17, 15) is 0 Å². The van der Waals surface area contributed by atoms with E-state index >= 15 is 0 Å². The maximum Gasteiger partial charge on any atom is 0.143 e. The Morgan fingerprint density at radius 2 is 0.938 bits per heavy atom. The standard InChI is InChI=1S/C46H31NO/c1-4-16-32(17-5-1)34-20-14-21-35(30-34)38-27-15-29-44-45(38)41-31-43(39-25-10-11-26-40(39)46(41)48-44)47(36-22-8-3-9-23-36)42-28-13-12-24-37(42)33-18-6-2-7-19-33/h1-31H. The Labute approximate surface area is 279 Å². The van der Waals surface area contributed by atoms with Gasteiger partial charge in [-0.3, -0.25) is 0 Å². The van der Waals surface area contributed by atoms with Crippen molar-refractivity contribution in [2.75, 3.05) is 4.90 Å². The molecule has 0 fully saturated rings. The first-order valence-electron chi connectivity index (χ1n) is 16.4. The molecule has 9 rings (SSSR count). The van der Waals surface area contributed by atoms with Gasteiger partial charge in [-0.15, -0.1) is 0 Å². The Morgan fingerprint density at radius 3 is 1.73 bits per heavy atom. The summed E-state index contributed by atoms with van der Waals surface area (Å²) in [5.41, 5.74) is 12.1. The molecule has 0 aliphatic rings. The molecule has 1 aromatic heterocycles. The van der Waals surface area contributed by atoms with E-state index in [0.717, 1.165) is 60.9 Å². The number of hydrogen-bond donors (Lipinski definition) is 0. The summed E-state index contributed by atoms with van der Waals surface area (Å²) in [5, 5.41) is 4.43. The van der Waals surface area contributed by atoms with Gasteiger partial charge in [0.05, 0.1) is 11.4 Å². The number of para-hydroxylation sites is 2. The molecule has 0 radical (unpaired) electrons. The van der Waals surface area contributed by atoms with Gasteiger partial charge < -0.3 is 9.32 Å². The van der Waals surface area contributed by atoms with Crippen molar-refractivity contribution in [2.45, 2.75) is 0 Å². The molecule has 2 nitrogen and oxygen atoms in total. The minimum atomic E-state index is 0.880. The summed E-state index contributed by atoms with van der Waals surface area (Å²) in [6.07, 6.45) is 0. The molecule has 1 heterocycles. The molecule has 48 heavy (non-hydrogen) atoms. The van der Waals surface area contributed by atoms with E-state index in [1.807, 2.05) is 0 Å². The minimum absolute atomic E-state index is 0.880. The van der Waals surface area contributed by atoms with E-state index in [0.29, 0.717) is 0 Å². The first kappa shape index (κ1) is 27.9. The molecule has 0 atom stereocenters. The van der Waals surface area contributed by atoms with Crippen molar-refractivity contribution in [1.29, 1.82) is 0 Å². The molecule has 0 saturated heterocycles. The molecule has 0 spiro atoms. The first-order valence-corrected chi connectivity index (χ1v) is 16.4. The summed E-state index contributed by atoms with van der Waals surface area (Å²) < 4.78 is 6.76. The van der Waals surface area contributed by atoms with Crippen LogP contribution in [0.4, 0.5) is 17.1 Å². The molecular weight excluding hydrogens is 583 g/mol. The van der Waals surface area contributed by atoms with Gasteiger partial charge in [-0.1, -0.05) is 152 Å². The lowest BCUT2D eigenvalue weighted by Crippen LogP contribution is -2.11. The van der Waals surface area contributed by atoms with Gasteiger partial charge in [0.1, 0.15) is 11.2 Å². The van der Waals surface area contributed by atoms with E-state index in [1.165, 1.54) is 22.3 Å². The van der Waals surface area contributed by atoms with Crippen LogP contribution in [0.3, 0.4) is 0 Å². The van der Waals surface area contributed by atoms with E-state index < -0.39 is 0 Å². The topological polar surface area (TPSA) is 16.4 Å². The van der Waals surface area contributed by atoms with Gasteiger partial charge in [-0.2, -0.15) is 0 Å². The van der Waals surface area contributed by atoms with Crippen LogP contribution in [-0.2, 0) is 0 Å². The monoisotopic (exact) mass is 613 g/mol. The largest absolute Gasteiger partial charge is 0.455 e. The van der Waals surface area contributed by atoms with E-state index in [1.54, 1.807) is 0 Å². The number of furan rings is 1. The second-order valence-electron chi connectivity index (χ2n) is 12.1. The number of fused-ring (bicyclic) bond motifs is 5. The van der Waals surface area contributed by atoms with Crippen molar-refractivity contribution < 1.29 is 4.42 Å². The Kier molecular flexibility index (Phi) is 6.84. The van der Waals surface area contributed by atoms with E-state index in [4.69, 9.17) is 4.42 Å². The maximum atomic E-state index is 6.76. The van der Waals surface area contributed by atoms with Gasteiger partial charge in [-0.05, 0) is 64.2 Å². The highest BCUT2D eigenvalue weighted by Crippen LogP contribution is 2.48. The Morgan fingerprint density at radius 1 is 0.354 bits per heavy atom. The summed E-state index contributed by atoms with van der Waals surface area (Å²) in [7, 11) is 0. The highest BCUT2D eigenvalue weighted by Gasteiger charge is 2.23. The summed E-state index contributed by atoms with van der Waals surface area (Å²) >= 11 is 0. The number of nitrogens with zero attached hydrogens (tertiary/aromatic N) is 1. The quantitative estimate of drug-likeness (QED) is 0.185. The second kappa shape index (κ2) is 11.8. The average molecular weight is 614 g/mol. The normalized spacial score (nSPS) is 11.3. The lowest BCUT2D eigenvalue weighted by Gasteiger charge is -2.29. The third kappa shape index (κ3) is 4.74. The fourth-order valence-corrected chi connectivity index (χ4v) is 7.07. The number of hydrogen-bond acceptors (Lipinski definition) is 2. The van der Waals surface area contributed by atoms with Crippen molar-refractivity contribution in [3.05, 3.63) is 188 Å². The van der Waals surface area contributed by atoms with Gasteiger partial charge >= 0.3 is 0 Å². The van der Waals surface area contributed by atoms with Crippen LogP contribution in [0.15, 0.2) is 192 Å². The molecular formula is C46H31NO. The predicted octanol–water partition coefficient (Wildman–Crippen LogP) is 13.2. The molecule has 8 aromatic carbocycles. The molecule has 0 saturated carbocycles. The van der Waals surface area contributed by atoms with Crippen molar-refractivity contribution in [3.63, 3.8) is 0 Å². The SMILES string of the molecule is c1ccc(-c2cccc(-c3cccc4oc5c6ccccc6c(N(c6ccccc6)c6ccccc6-c6ccccc6)cc5c34)c2)cc1. The number of rotatable bonds is 6. The molecule has 0 unspecified atom stereocenters. The van der Waals surface area contributed by atoms with Crippen molar-refractivity contribution >= 4 is 49.8 Å². The van der Waals surface area contributed by atoms with Crippen molar-refractivity contribution in [3.8, 4) is 33.4 Å².